The van der Waals surface area contributed by atoms with Crippen LogP contribution >= 0.6 is 0 Å². The van der Waals surface area contributed by atoms with E-state index in [1.54, 1.807) is 19.2 Å². The molecule has 7 heteroatoms. The summed E-state index contributed by atoms with van der Waals surface area (Å²) in [7, 11) is 3.09. The largest absolute Gasteiger partial charge is 0.464 e. The van der Waals surface area contributed by atoms with Gasteiger partial charge in [-0.25, -0.2) is 9.59 Å². The lowest BCUT2D eigenvalue weighted by atomic mass is 9.98. The van der Waals surface area contributed by atoms with Crippen molar-refractivity contribution in [2.75, 3.05) is 27.3 Å². The molecule has 0 aromatic carbocycles. The van der Waals surface area contributed by atoms with Crippen LogP contribution in [0.3, 0.4) is 0 Å². The van der Waals surface area contributed by atoms with Gasteiger partial charge in [-0.3, -0.25) is 9.69 Å². The zero-order chi connectivity index (χ0) is 21.9. The molecule has 0 aromatic rings. The average molecular weight is 397 g/mol. The Morgan fingerprint density at radius 3 is 1.71 bits per heavy atom. The second kappa shape index (κ2) is 13.0. The summed E-state index contributed by atoms with van der Waals surface area (Å²) in [6, 6.07) is -1.51. The van der Waals surface area contributed by atoms with E-state index in [9.17, 15) is 14.4 Å². The van der Waals surface area contributed by atoms with Gasteiger partial charge in [0, 0.05) is 14.1 Å². The smallest absolute Gasteiger partial charge is 0.410 e. The van der Waals surface area contributed by atoms with E-state index in [2.05, 4.69) is 13.2 Å². The topological polar surface area (TPSA) is 76.2 Å². The van der Waals surface area contributed by atoms with Crippen molar-refractivity contribution in [2.45, 2.75) is 52.6 Å². The van der Waals surface area contributed by atoms with Crippen LogP contribution in [0.5, 0.6) is 0 Å². The van der Waals surface area contributed by atoms with Gasteiger partial charge in [-0.15, -0.1) is 13.2 Å². The molecule has 0 saturated carbocycles. The van der Waals surface area contributed by atoms with Crippen molar-refractivity contribution in [1.82, 2.24) is 9.80 Å². The number of esters is 1. The van der Waals surface area contributed by atoms with Crippen molar-refractivity contribution >= 4 is 18.0 Å². The summed E-state index contributed by atoms with van der Waals surface area (Å²) in [6.07, 6.45) is 3.80. The van der Waals surface area contributed by atoms with Crippen LogP contribution in [0.4, 0.5) is 4.79 Å². The molecule has 7 nitrogen and oxygen atoms in total. The van der Waals surface area contributed by atoms with E-state index in [1.165, 1.54) is 16.8 Å². The minimum Gasteiger partial charge on any atom is -0.464 e. The molecule has 0 saturated heterocycles. The summed E-state index contributed by atoms with van der Waals surface area (Å²) < 4.78 is 10.4. The molecular formula is C21H36N2O5. The molecule has 0 aliphatic carbocycles. The number of ether oxygens (including phenoxy) is 2. The highest BCUT2D eigenvalue weighted by atomic mass is 16.6. The fourth-order valence-electron chi connectivity index (χ4n) is 2.89. The molecule has 0 fully saturated rings. The number of likely N-dealkylation sites (N-methyl/N-ethyl adjacent to an activating group) is 2. The van der Waals surface area contributed by atoms with E-state index in [1.807, 2.05) is 27.7 Å². The summed E-state index contributed by atoms with van der Waals surface area (Å²) in [5.41, 5.74) is 0. The molecule has 0 spiro atoms. The van der Waals surface area contributed by atoms with Crippen LogP contribution in [0.25, 0.3) is 0 Å². The maximum atomic E-state index is 13.2. The minimum atomic E-state index is -0.761. The molecular weight excluding hydrogens is 360 g/mol. The Bertz CT molecular complexity index is 545. The molecule has 2 amide bonds. The van der Waals surface area contributed by atoms with Crippen LogP contribution < -0.4 is 0 Å². The number of nitrogens with zero attached hydrogens (tertiary/aromatic N) is 2. The third kappa shape index (κ3) is 7.74. The second-order valence-electron chi connectivity index (χ2n) is 7.37. The molecule has 2 atom stereocenters. The van der Waals surface area contributed by atoms with E-state index in [0.29, 0.717) is 12.8 Å². The number of carbonyl (C=O) groups is 3. The third-order valence-corrected chi connectivity index (χ3v) is 4.34. The van der Waals surface area contributed by atoms with Crippen molar-refractivity contribution < 1.29 is 23.9 Å². The SMILES string of the molecule is C=CCCOC(=O)C(C(C)C)N(C)C(=O)C(C(C)C)N(C)C(=O)OCCC=C. The van der Waals surface area contributed by atoms with Crippen molar-refractivity contribution in [3.63, 3.8) is 0 Å². The van der Waals surface area contributed by atoms with E-state index >= 15 is 0 Å². The quantitative estimate of drug-likeness (QED) is 0.287. The van der Waals surface area contributed by atoms with E-state index in [0.717, 1.165) is 0 Å². The van der Waals surface area contributed by atoms with Crippen LogP contribution in [-0.2, 0) is 19.1 Å². The number of hydrogen-bond donors (Lipinski definition) is 0. The molecule has 0 aromatic heterocycles. The Morgan fingerprint density at radius 1 is 0.821 bits per heavy atom. The highest BCUT2D eigenvalue weighted by molar-refractivity contribution is 5.89. The van der Waals surface area contributed by atoms with Crippen molar-refractivity contribution in [3.05, 3.63) is 25.3 Å². The Hall–Kier alpha value is -2.31. The number of hydrogen-bond acceptors (Lipinski definition) is 5. The highest BCUT2D eigenvalue weighted by Gasteiger charge is 2.38. The van der Waals surface area contributed by atoms with E-state index < -0.39 is 24.1 Å². The molecule has 0 aliphatic rings. The van der Waals surface area contributed by atoms with Gasteiger partial charge in [-0.2, -0.15) is 0 Å². The van der Waals surface area contributed by atoms with Gasteiger partial charge in [-0.1, -0.05) is 39.8 Å². The predicted molar refractivity (Wildman–Crippen MR) is 110 cm³/mol. The third-order valence-electron chi connectivity index (χ3n) is 4.34. The lowest BCUT2D eigenvalue weighted by Crippen LogP contribution is -2.56. The average Bonchev–Trinajstić information content (AvgIpc) is 2.61. The molecule has 0 N–H and O–H groups in total. The fraction of sp³-hybridized carbons (Fsp3) is 0.667. The maximum Gasteiger partial charge on any atom is 0.410 e. The monoisotopic (exact) mass is 396 g/mol. The Labute approximate surface area is 169 Å². The molecule has 2 unspecified atom stereocenters. The molecule has 0 aliphatic heterocycles. The van der Waals surface area contributed by atoms with Crippen LogP contribution in [0.1, 0.15) is 40.5 Å². The van der Waals surface area contributed by atoms with Gasteiger partial charge in [0.1, 0.15) is 12.1 Å². The zero-order valence-corrected chi connectivity index (χ0v) is 18.1. The summed E-state index contributed by atoms with van der Waals surface area (Å²) >= 11 is 0. The second-order valence-corrected chi connectivity index (χ2v) is 7.37. The van der Waals surface area contributed by atoms with Gasteiger partial charge in [-0.05, 0) is 24.7 Å². The lowest BCUT2D eigenvalue weighted by Gasteiger charge is -2.36. The van der Waals surface area contributed by atoms with Crippen LogP contribution in [-0.4, -0.2) is 67.2 Å². The van der Waals surface area contributed by atoms with Crippen molar-refractivity contribution in [3.8, 4) is 0 Å². The Kier molecular flexibility index (Phi) is 11.9. The molecule has 0 bridgehead atoms. The molecule has 0 radical (unpaired) electrons. The molecule has 0 heterocycles. The maximum absolute atomic E-state index is 13.2. The first kappa shape index (κ1) is 25.7. The minimum absolute atomic E-state index is 0.150. The first-order valence-electron chi connectivity index (χ1n) is 9.64. The highest BCUT2D eigenvalue weighted by Crippen LogP contribution is 2.19. The van der Waals surface area contributed by atoms with Gasteiger partial charge >= 0.3 is 12.1 Å². The molecule has 0 rings (SSSR count). The Balaban J connectivity index is 5.37. The van der Waals surface area contributed by atoms with Gasteiger partial charge in [0.25, 0.3) is 0 Å². The summed E-state index contributed by atoms with van der Waals surface area (Å²) in [5, 5.41) is 0. The zero-order valence-electron chi connectivity index (χ0n) is 18.1. The fourth-order valence-corrected chi connectivity index (χ4v) is 2.89. The van der Waals surface area contributed by atoms with Gasteiger partial charge in [0.15, 0.2) is 0 Å². The summed E-state index contributed by atoms with van der Waals surface area (Å²) in [6.45, 7) is 15.0. The van der Waals surface area contributed by atoms with Gasteiger partial charge < -0.3 is 14.4 Å². The van der Waals surface area contributed by atoms with E-state index in [4.69, 9.17) is 9.47 Å². The lowest BCUT2D eigenvalue weighted by molar-refractivity contribution is -0.158. The van der Waals surface area contributed by atoms with E-state index in [-0.39, 0.29) is 31.0 Å². The standard InChI is InChI=1S/C21H36N2O5/c1-9-11-13-27-20(25)18(16(5)6)22(7)19(24)17(15(3)4)23(8)21(26)28-14-12-10-2/h9-10,15-18H,1-2,11-14H2,3-8H3. The van der Waals surface area contributed by atoms with Gasteiger partial charge in [0.05, 0.1) is 13.2 Å². The summed E-state index contributed by atoms with van der Waals surface area (Å²) in [4.78, 5) is 40.6. The first-order valence-corrected chi connectivity index (χ1v) is 9.64. The number of amides is 2. The summed E-state index contributed by atoms with van der Waals surface area (Å²) in [5.74, 6) is -1.12. The normalized spacial score (nSPS) is 12.9. The number of carbonyl (C=O) groups excluding carboxylic acids is 3. The van der Waals surface area contributed by atoms with Crippen LogP contribution in [0, 0.1) is 11.8 Å². The van der Waals surface area contributed by atoms with Gasteiger partial charge in [0.2, 0.25) is 5.91 Å². The number of rotatable bonds is 12. The van der Waals surface area contributed by atoms with Crippen molar-refractivity contribution in [1.29, 1.82) is 0 Å². The first-order chi connectivity index (χ1) is 13.1. The Morgan fingerprint density at radius 2 is 1.29 bits per heavy atom. The van der Waals surface area contributed by atoms with Crippen molar-refractivity contribution in [2.24, 2.45) is 11.8 Å². The molecule has 28 heavy (non-hydrogen) atoms. The predicted octanol–water partition coefficient (Wildman–Crippen LogP) is 3.26. The molecule has 160 valence electrons. The van der Waals surface area contributed by atoms with Crippen LogP contribution in [0.2, 0.25) is 0 Å². The van der Waals surface area contributed by atoms with Crippen LogP contribution in [0.15, 0.2) is 25.3 Å².